The standard InChI is InChI=1S/C17H8Cl2F3N5O2/c18-12-13(16(28)25-8-3-1-5-23-14(8)19)26-27-11(17(20,21)22)7-9(24-15(12)27)10-4-2-6-29-10/h1-7H,(H,25,28). The molecule has 0 aromatic carbocycles. The van der Waals surface area contributed by atoms with E-state index in [1.165, 1.54) is 36.7 Å². The van der Waals surface area contributed by atoms with Gasteiger partial charge in [0.25, 0.3) is 5.91 Å². The van der Waals surface area contributed by atoms with Crippen molar-refractivity contribution in [3.05, 3.63) is 64.4 Å². The van der Waals surface area contributed by atoms with Crippen molar-refractivity contribution in [1.29, 1.82) is 0 Å². The Bertz CT molecular complexity index is 1220. The van der Waals surface area contributed by atoms with Crippen molar-refractivity contribution in [3.8, 4) is 11.5 Å². The molecular formula is C17H8Cl2F3N5O2. The van der Waals surface area contributed by atoms with Crippen molar-refractivity contribution >= 4 is 40.4 Å². The Labute approximate surface area is 170 Å². The third-order valence-corrected chi connectivity index (χ3v) is 4.47. The number of anilines is 1. The van der Waals surface area contributed by atoms with Crippen LogP contribution in [-0.2, 0) is 6.18 Å². The zero-order valence-electron chi connectivity index (χ0n) is 14.0. The van der Waals surface area contributed by atoms with E-state index in [-0.39, 0.29) is 33.0 Å². The maximum Gasteiger partial charge on any atom is 0.433 e. The number of hydrogen-bond donors (Lipinski definition) is 1. The Morgan fingerprint density at radius 3 is 2.66 bits per heavy atom. The predicted octanol–water partition coefficient (Wildman–Crippen LogP) is 4.96. The van der Waals surface area contributed by atoms with Gasteiger partial charge in [0.05, 0.1) is 12.0 Å². The average molecular weight is 442 g/mol. The molecule has 0 fully saturated rings. The van der Waals surface area contributed by atoms with Gasteiger partial charge in [0, 0.05) is 6.20 Å². The molecule has 0 spiro atoms. The number of hydrogen-bond acceptors (Lipinski definition) is 5. The number of aromatic nitrogens is 4. The highest BCUT2D eigenvalue weighted by atomic mass is 35.5. The Hall–Kier alpha value is -3.11. The first kappa shape index (κ1) is 19.2. The molecule has 0 unspecified atom stereocenters. The van der Waals surface area contributed by atoms with Crippen molar-refractivity contribution in [2.24, 2.45) is 0 Å². The lowest BCUT2D eigenvalue weighted by Crippen LogP contribution is -2.16. The number of rotatable bonds is 3. The summed E-state index contributed by atoms with van der Waals surface area (Å²) in [7, 11) is 0. The van der Waals surface area contributed by atoms with Gasteiger partial charge in [0.15, 0.2) is 27.9 Å². The Balaban J connectivity index is 1.86. The number of furan rings is 1. The number of fused-ring (bicyclic) bond motifs is 1. The molecule has 1 N–H and O–H groups in total. The summed E-state index contributed by atoms with van der Waals surface area (Å²) in [5.74, 6) is -0.772. The van der Waals surface area contributed by atoms with E-state index >= 15 is 0 Å². The molecule has 7 nitrogen and oxygen atoms in total. The predicted molar refractivity (Wildman–Crippen MR) is 97.9 cm³/mol. The molecule has 29 heavy (non-hydrogen) atoms. The molecule has 12 heteroatoms. The molecule has 0 aliphatic rings. The molecule has 148 valence electrons. The summed E-state index contributed by atoms with van der Waals surface area (Å²) in [6.07, 6.45) is -2.09. The van der Waals surface area contributed by atoms with Crippen LogP contribution in [0.2, 0.25) is 10.2 Å². The van der Waals surface area contributed by atoms with Crippen LogP contribution in [0.3, 0.4) is 0 Å². The molecule has 4 heterocycles. The quantitative estimate of drug-likeness (QED) is 0.454. The smallest absolute Gasteiger partial charge is 0.433 e. The monoisotopic (exact) mass is 441 g/mol. The van der Waals surface area contributed by atoms with E-state index < -0.39 is 23.5 Å². The maximum absolute atomic E-state index is 13.6. The molecule has 0 aliphatic carbocycles. The number of nitrogens with one attached hydrogen (secondary N) is 1. The highest BCUT2D eigenvalue weighted by molar-refractivity contribution is 6.37. The molecule has 0 bridgehead atoms. The molecule has 1 amide bonds. The Kier molecular flexibility index (Phi) is 4.67. The second-order valence-corrected chi connectivity index (χ2v) is 6.43. The Morgan fingerprint density at radius 2 is 2.00 bits per heavy atom. The van der Waals surface area contributed by atoms with Gasteiger partial charge < -0.3 is 9.73 Å². The van der Waals surface area contributed by atoms with E-state index in [1.54, 1.807) is 0 Å². The van der Waals surface area contributed by atoms with Crippen LogP contribution >= 0.6 is 23.2 Å². The number of nitrogens with zero attached hydrogens (tertiary/aromatic N) is 4. The van der Waals surface area contributed by atoms with E-state index in [9.17, 15) is 18.0 Å². The van der Waals surface area contributed by atoms with Crippen LogP contribution in [0.15, 0.2) is 47.2 Å². The molecule has 0 saturated carbocycles. The van der Waals surface area contributed by atoms with E-state index in [1.807, 2.05) is 0 Å². The lowest BCUT2D eigenvalue weighted by molar-refractivity contribution is -0.142. The van der Waals surface area contributed by atoms with Gasteiger partial charge in [-0.15, -0.1) is 0 Å². The zero-order chi connectivity index (χ0) is 20.8. The summed E-state index contributed by atoms with van der Waals surface area (Å²) in [5.41, 5.74) is -1.95. The van der Waals surface area contributed by atoms with Crippen LogP contribution in [0, 0.1) is 0 Å². The van der Waals surface area contributed by atoms with Crippen LogP contribution in [0.4, 0.5) is 18.9 Å². The summed E-state index contributed by atoms with van der Waals surface area (Å²) in [6.45, 7) is 0. The highest BCUT2D eigenvalue weighted by Gasteiger charge is 2.37. The van der Waals surface area contributed by atoms with Crippen LogP contribution in [-0.4, -0.2) is 25.5 Å². The van der Waals surface area contributed by atoms with Crippen molar-refractivity contribution in [3.63, 3.8) is 0 Å². The molecule has 0 radical (unpaired) electrons. The van der Waals surface area contributed by atoms with E-state index in [0.29, 0.717) is 4.52 Å². The fourth-order valence-electron chi connectivity index (χ4n) is 2.55. The number of halogens is 5. The van der Waals surface area contributed by atoms with Gasteiger partial charge in [-0.25, -0.2) is 14.5 Å². The number of carbonyl (C=O) groups excluding carboxylic acids is 1. The summed E-state index contributed by atoms with van der Waals surface area (Å²) in [4.78, 5) is 20.4. The minimum absolute atomic E-state index is 0.00468. The third-order valence-electron chi connectivity index (χ3n) is 3.82. The van der Waals surface area contributed by atoms with Crippen molar-refractivity contribution in [1.82, 2.24) is 19.6 Å². The van der Waals surface area contributed by atoms with Gasteiger partial charge in [0.2, 0.25) is 0 Å². The fourth-order valence-corrected chi connectivity index (χ4v) is 2.96. The molecule has 0 atom stereocenters. The van der Waals surface area contributed by atoms with Gasteiger partial charge in [-0.1, -0.05) is 23.2 Å². The van der Waals surface area contributed by atoms with Crippen molar-refractivity contribution in [2.75, 3.05) is 5.32 Å². The number of carbonyl (C=O) groups is 1. The molecular weight excluding hydrogens is 434 g/mol. The topological polar surface area (TPSA) is 85.3 Å². The number of alkyl halides is 3. The molecule has 0 saturated heterocycles. The van der Waals surface area contributed by atoms with Gasteiger partial charge in [-0.2, -0.15) is 18.3 Å². The minimum atomic E-state index is -4.79. The van der Waals surface area contributed by atoms with Crippen LogP contribution in [0.25, 0.3) is 17.1 Å². The first-order valence-electron chi connectivity index (χ1n) is 7.88. The molecule has 0 aliphatic heterocycles. The van der Waals surface area contributed by atoms with Gasteiger partial charge in [-0.05, 0) is 30.3 Å². The Morgan fingerprint density at radius 1 is 1.21 bits per heavy atom. The van der Waals surface area contributed by atoms with Crippen LogP contribution < -0.4 is 5.32 Å². The van der Waals surface area contributed by atoms with Gasteiger partial charge >= 0.3 is 6.18 Å². The zero-order valence-corrected chi connectivity index (χ0v) is 15.5. The van der Waals surface area contributed by atoms with Crippen LogP contribution in [0.1, 0.15) is 16.2 Å². The van der Waals surface area contributed by atoms with Gasteiger partial charge in [0.1, 0.15) is 10.7 Å². The first-order valence-corrected chi connectivity index (χ1v) is 8.63. The molecule has 4 aromatic rings. The lowest BCUT2D eigenvalue weighted by Gasteiger charge is -2.09. The minimum Gasteiger partial charge on any atom is -0.463 e. The lowest BCUT2D eigenvalue weighted by atomic mass is 10.2. The summed E-state index contributed by atoms with van der Waals surface area (Å²) in [6, 6.07) is 6.69. The summed E-state index contributed by atoms with van der Waals surface area (Å²) >= 11 is 12.0. The summed E-state index contributed by atoms with van der Waals surface area (Å²) in [5, 5.41) is 5.77. The first-order chi connectivity index (χ1) is 13.8. The maximum atomic E-state index is 13.6. The van der Waals surface area contributed by atoms with E-state index in [4.69, 9.17) is 27.6 Å². The molecule has 4 rings (SSSR count). The SMILES string of the molecule is O=C(Nc1cccnc1Cl)c1nn2c(C(F)(F)F)cc(-c3ccco3)nc2c1Cl. The molecule has 4 aromatic heterocycles. The summed E-state index contributed by atoms with van der Waals surface area (Å²) < 4.78 is 46.4. The van der Waals surface area contributed by atoms with Crippen LogP contribution in [0.5, 0.6) is 0 Å². The second kappa shape index (κ2) is 7.05. The highest BCUT2D eigenvalue weighted by Crippen LogP contribution is 2.34. The second-order valence-electron chi connectivity index (χ2n) is 5.70. The number of pyridine rings is 1. The van der Waals surface area contributed by atoms with Crippen molar-refractivity contribution < 1.29 is 22.4 Å². The number of amides is 1. The van der Waals surface area contributed by atoms with Gasteiger partial charge in [-0.3, -0.25) is 4.79 Å². The fraction of sp³-hybridized carbons (Fsp3) is 0.0588. The third kappa shape index (κ3) is 3.52. The average Bonchev–Trinajstić information content (AvgIpc) is 3.31. The van der Waals surface area contributed by atoms with E-state index in [0.717, 1.165) is 6.07 Å². The van der Waals surface area contributed by atoms with Crippen molar-refractivity contribution in [2.45, 2.75) is 6.18 Å². The largest absolute Gasteiger partial charge is 0.463 e. The normalized spacial score (nSPS) is 11.8. The van der Waals surface area contributed by atoms with E-state index in [2.05, 4.69) is 20.4 Å².